The largest absolute Gasteiger partial charge is 0.324 e. The van der Waals surface area contributed by atoms with E-state index in [9.17, 15) is 19.7 Å². The molecule has 2 heterocycles. The first kappa shape index (κ1) is 17.8. The minimum atomic E-state index is -0.588. The van der Waals surface area contributed by atoms with Crippen LogP contribution in [-0.4, -0.2) is 36.3 Å². The van der Waals surface area contributed by atoms with Crippen LogP contribution in [0.4, 0.5) is 17.1 Å². The van der Waals surface area contributed by atoms with E-state index in [4.69, 9.17) is 0 Å². The van der Waals surface area contributed by atoms with Crippen LogP contribution in [0.2, 0.25) is 0 Å². The van der Waals surface area contributed by atoms with E-state index in [1.54, 1.807) is 43.6 Å². The molecule has 0 saturated carbocycles. The molecule has 0 aliphatic carbocycles. The van der Waals surface area contributed by atoms with Gasteiger partial charge in [-0.05, 0) is 24.3 Å². The number of carbonyl (C=O) groups is 2. The van der Waals surface area contributed by atoms with Crippen LogP contribution in [0.1, 0.15) is 10.5 Å². The summed E-state index contributed by atoms with van der Waals surface area (Å²) in [6.07, 6.45) is 3.90. The fraction of sp³-hybridized carbons (Fsp3) is 0.125. The molecule has 0 atom stereocenters. The normalized spacial score (nSPS) is 10.4. The van der Waals surface area contributed by atoms with Gasteiger partial charge in [0.1, 0.15) is 18.9 Å². The Labute approximate surface area is 152 Å². The number of nitro groups is 1. The number of nitrogens with one attached hydrogen (secondary N) is 2. The molecule has 2 amide bonds. The first-order chi connectivity index (χ1) is 12.9. The molecule has 27 heavy (non-hydrogen) atoms. The Morgan fingerprint density at radius 2 is 1.96 bits per heavy atom. The van der Waals surface area contributed by atoms with Gasteiger partial charge >= 0.3 is 5.69 Å². The number of aromatic nitrogens is 4. The third-order valence-electron chi connectivity index (χ3n) is 3.49. The number of hydrogen-bond acceptors (Lipinski definition) is 6. The number of rotatable bonds is 6. The maximum atomic E-state index is 12.1. The number of carbonyl (C=O) groups excluding carboxylic acids is 2. The minimum Gasteiger partial charge on any atom is -0.324 e. The van der Waals surface area contributed by atoms with Gasteiger partial charge in [-0.1, -0.05) is 6.07 Å². The molecular formula is C16H15N7O4. The molecule has 11 nitrogen and oxygen atoms in total. The molecule has 2 N–H and O–H groups in total. The average molecular weight is 369 g/mol. The summed E-state index contributed by atoms with van der Waals surface area (Å²) in [4.78, 5) is 34.2. The van der Waals surface area contributed by atoms with Crippen molar-refractivity contribution in [1.82, 2.24) is 19.6 Å². The summed E-state index contributed by atoms with van der Waals surface area (Å²) in [5.74, 6) is -0.788. The van der Waals surface area contributed by atoms with Gasteiger partial charge in [-0.2, -0.15) is 10.2 Å². The van der Waals surface area contributed by atoms with Crippen molar-refractivity contribution in [2.45, 2.75) is 6.54 Å². The molecule has 0 spiro atoms. The number of amides is 2. The Morgan fingerprint density at radius 1 is 1.22 bits per heavy atom. The monoisotopic (exact) mass is 369 g/mol. The molecule has 0 aliphatic heterocycles. The molecule has 3 rings (SSSR count). The van der Waals surface area contributed by atoms with Crippen molar-refractivity contribution >= 4 is 28.9 Å². The first-order valence-electron chi connectivity index (χ1n) is 7.78. The Kier molecular flexibility index (Phi) is 4.92. The van der Waals surface area contributed by atoms with Crippen molar-refractivity contribution in [2.24, 2.45) is 7.05 Å². The number of benzene rings is 1. The molecule has 0 aliphatic rings. The zero-order valence-electron chi connectivity index (χ0n) is 14.2. The molecular weight excluding hydrogens is 354 g/mol. The summed E-state index contributed by atoms with van der Waals surface area (Å²) < 4.78 is 2.69. The van der Waals surface area contributed by atoms with E-state index in [2.05, 4.69) is 20.8 Å². The van der Waals surface area contributed by atoms with Crippen molar-refractivity contribution in [3.63, 3.8) is 0 Å². The third kappa shape index (κ3) is 4.54. The molecule has 2 aromatic heterocycles. The van der Waals surface area contributed by atoms with Crippen molar-refractivity contribution in [2.75, 3.05) is 10.6 Å². The molecule has 0 saturated heterocycles. The number of aryl methyl sites for hydroxylation is 1. The van der Waals surface area contributed by atoms with E-state index in [0.717, 1.165) is 6.20 Å². The maximum Gasteiger partial charge on any atom is 0.307 e. The number of hydrogen-bond donors (Lipinski definition) is 2. The summed E-state index contributed by atoms with van der Waals surface area (Å²) in [6.45, 7) is -0.182. The predicted octanol–water partition coefficient (Wildman–Crippen LogP) is 1.42. The summed E-state index contributed by atoms with van der Waals surface area (Å²) >= 11 is 0. The van der Waals surface area contributed by atoms with Gasteiger partial charge < -0.3 is 10.6 Å². The third-order valence-corrected chi connectivity index (χ3v) is 3.49. The molecule has 0 radical (unpaired) electrons. The number of nitrogens with zero attached hydrogens (tertiary/aromatic N) is 5. The van der Waals surface area contributed by atoms with Gasteiger partial charge in [0.25, 0.3) is 5.91 Å². The number of anilines is 2. The van der Waals surface area contributed by atoms with Crippen LogP contribution in [0, 0.1) is 10.1 Å². The standard InChI is InChI=1S/C16H15N7O4/c1-21-6-5-14(20-21)16(25)19-12-4-2-3-11(7-12)18-15(24)10-22-9-13(8-17-22)23(26)27/h2-9H,10H2,1H3,(H,18,24)(H,19,25). The highest BCUT2D eigenvalue weighted by Gasteiger charge is 2.12. The summed E-state index contributed by atoms with van der Waals surface area (Å²) in [7, 11) is 1.71. The van der Waals surface area contributed by atoms with Gasteiger partial charge in [0.05, 0.1) is 4.92 Å². The molecule has 1 aromatic carbocycles. The molecule has 138 valence electrons. The Balaban J connectivity index is 1.61. The SMILES string of the molecule is Cn1ccc(C(=O)Nc2cccc(NC(=O)Cn3cc([N+](=O)[O-])cn3)c2)n1. The van der Waals surface area contributed by atoms with Crippen molar-refractivity contribution in [3.8, 4) is 0 Å². The van der Waals surface area contributed by atoms with Gasteiger partial charge in [-0.25, -0.2) is 0 Å². The van der Waals surface area contributed by atoms with Gasteiger partial charge in [-0.3, -0.25) is 29.1 Å². The van der Waals surface area contributed by atoms with E-state index in [-0.39, 0.29) is 23.8 Å². The molecule has 3 aromatic rings. The lowest BCUT2D eigenvalue weighted by molar-refractivity contribution is -0.385. The predicted molar refractivity (Wildman–Crippen MR) is 95.1 cm³/mol. The van der Waals surface area contributed by atoms with E-state index < -0.39 is 10.8 Å². The minimum absolute atomic E-state index is 0.182. The summed E-state index contributed by atoms with van der Waals surface area (Å²) in [5.41, 5.74) is 1.02. The van der Waals surface area contributed by atoms with Gasteiger partial charge in [0, 0.05) is 24.6 Å². The molecule has 11 heteroatoms. The van der Waals surface area contributed by atoms with Gasteiger partial charge in [-0.15, -0.1) is 0 Å². The van der Waals surface area contributed by atoms with E-state index in [1.165, 1.54) is 15.6 Å². The molecule has 0 bridgehead atoms. The lowest BCUT2D eigenvalue weighted by atomic mass is 10.2. The fourth-order valence-corrected chi connectivity index (χ4v) is 2.29. The lowest BCUT2D eigenvalue weighted by Gasteiger charge is -2.08. The maximum absolute atomic E-state index is 12.1. The quantitative estimate of drug-likeness (QED) is 0.498. The Bertz CT molecular complexity index is 1010. The van der Waals surface area contributed by atoms with Crippen LogP contribution in [0.5, 0.6) is 0 Å². The van der Waals surface area contributed by atoms with Gasteiger partial charge in [0.15, 0.2) is 5.69 Å². The second-order valence-electron chi connectivity index (χ2n) is 5.61. The van der Waals surface area contributed by atoms with Crippen LogP contribution >= 0.6 is 0 Å². The second kappa shape index (κ2) is 7.47. The van der Waals surface area contributed by atoms with Crippen LogP contribution in [0.15, 0.2) is 48.9 Å². The molecule has 0 fully saturated rings. The van der Waals surface area contributed by atoms with Crippen molar-refractivity contribution < 1.29 is 14.5 Å². The van der Waals surface area contributed by atoms with Gasteiger partial charge in [0.2, 0.25) is 5.91 Å². The van der Waals surface area contributed by atoms with Crippen LogP contribution < -0.4 is 10.6 Å². The highest BCUT2D eigenvalue weighted by Crippen LogP contribution is 2.16. The second-order valence-corrected chi connectivity index (χ2v) is 5.61. The van der Waals surface area contributed by atoms with Crippen LogP contribution in [0.3, 0.4) is 0 Å². The van der Waals surface area contributed by atoms with Crippen LogP contribution in [0.25, 0.3) is 0 Å². The average Bonchev–Trinajstić information content (AvgIpc) is 3.24. The Morgan fingerprint density at radius 3 is 2.59 bits per heavy atom. The zero-order chi connectivity index (χ0) is 19.4. The summed E-state index contributed by atoms with van der Waals surface area (Å²) in [6, 6.07) is 8.17. The van der Waals surface area contributed by atoms with E-state index in [0.29, 0.717) is 11.4 Å². The highest BCUT2D eigenvalue weighted by molar-refractivity contribution is 6.03. The molecule has 0 unspecified atom stereocenters. The fourth-order valence-electron chi connectivity index (χ4n) is 2.29. The topological polar surface area (TPSA) is 137 Å². The van der Waals surface area contributed by atoms with Crippen molar-refractivity contribution in [3.05, 3.63) is 64.7 Å². The summed E-state index contributed by atoms with van der Waals surface area (Å²) in [5, 5.41) is 23.7. The van der Waals surface area contributed by atoms with Crippen molar-refractivity contribution in [1.29, 1.82) is 0 Å². The van der Waals surface area contributed by atoms with Crippen LogP contribution in [-0.2, 0) is 18.4 Å². The first-order valence-corrected chi connectivity index (χ1v) is 7.78. The van der Waals surface area contributed by atoms with E-state index in [1.807, 2.05) is 0 Å². The lowest BCUT2D eigenvalue weighted by Crippen LogP contribution is -2.19. The van der Waals surface area contributed by atoms with E-state index >= 15 is 0 Å². The smallest absolute Gasteiger partial charge is 0.307 e. The zero-order valence-corrected chi connectivity index (χ0v) is 14.2. The highest BCUT2D eigenvalue weighted by atomic mass is 16.6. The Hall–Kier alpha value is -4.02.